The molecule has 1 saturated heterocycles. The second kappa shape index (κ2) is 6.52. The number of amides is 2. The topological polar surface area (TPSA) is 69.6 Å². The van der Waals surface area contributed by atoms with Gasteiger partial charge in [-0.2, -0.15) is 0 Å². The maximum Gasteiger partial charge on any atom is 0.225 e. The highest BCUT2D eigenvalue weighted by Crippen LogP contribution is 2.17. The minimum Gasteiger partial charge on any atom is -0.392 e. The summed E-state index contributed by atoms with van der Waals surface area (Å²) in [5.74, 6) is -0.311. The SMILES string of the molecule is CCN1CC(C(=O)NCc2ccccc2CO)CC1=O. The molecule has 0 bridgehead atoms. The summed E-state index contributed by atoms with van der Waals surface area (Å²) in [6.45, 7) is 3.40. The van der Waals surface area contributed by atoms with E-state index in [2.05, 4.69) is 5.32 Å². The number of nitrogens with one attached hydrogen (secondary N) is 1. The minimum absolute atomic E-state index is 0.0441. The Bertz CT molecular complexity index is 502. The first-order valence-electron chi connectivity index (χ1n) is 6.88. The number of aliphatic hydroxyl groups excluding tert-OH is 1. The minimum atomic E-state index is -0.260. The second-order valence-corrected chi connectivity index (χ2v) is 4.98. The summed E-state index contributed by atoms with van der Waals surface area (Å²) < 4.78 is 0. The summed E-state index contributed by atoms with van der Waals surface area (Å²) >= 11 is 0. The lowest BCUT2D eigenvalue weighted by molar-refractivity contribution is -0.128. The van der Waals surface area contributed by atoms with Gasteiger partial charge in [0.05, 0.1) is 12.5 Å². The molecule has 20 heavy (non-hydrogen) atoms. The number of carbonyl (C=O) groups excluding carboxylic acids is 2. The van der Waals surface area contributed by atoms with Crippen molar-refractivity contribution in [2.24, 2.45) is 5.92 Å². The molecule has 1 unspecified atom stereocenters. The first-order valence-corrected chi connectivity index (χ1v) is 6.88. The van der Waals surface area contributed by atoms with Crippen molar-refractivity contribution >= 4 is 11.8 Å². The highest BCUT2D eigenvalue weighted by molar-refractivity contribution is 5.89. The van der Waals surface area contributed by atoms with Gasteiger partial charge in [0.15, 0.2) is 0 Å². The highest BCUT2D eigenvalue weighted by atomic mass is 16.3. The van der Waals surface area contributed by atoms with Gasteiger partial charge in [-0.1, -0.05) is 24.3 Å². The van der Waals surface area contributed by atoms with Gasteiger partial charge in [-0.25, -0.2) is 0 Å². The van der Waals surface area contributed by atoms with E-state index in [0.29, 0.717) is 26.1 Å². The van der Waals surface area contributed by atoms with Gasteiger partial charge < -0.3 is 15.3 Å². The van der Waals surface area contributed by atoms with Gasteiger partial charge in [0.2, 0.25) is 11.8 Å². The zero-order chi connectivity index (χ0) is 14.5. The molecule has 0 aromatic heterocycles. The lowest BCUT2D eigenvalue weighted by Crippen LogP contribution is -2.32. The predicted octanol–water partition coefficient (Wildman–Crippen LogP) is 0.663. The van der Waals surface area contributed by atoms with Crippen LogP contribution in [0.25, 0.3) is 0 Å². The number of nitrogens with zero attached hydrogens (tertiary/aromatic N) is 1. The van der Waals surface area contributed by atoms with E-state index in [1.807, 2.05) is 31.2 Å². The monoisotopic (exact) mass is 276 g/mol. The normalized spacial score (nSPS) is 18.4. The average Bonchev–Trinajstić information content (AvgIpc) is 2.86. The van der Waals surface area contributed by atoms with Gasteiger partial charge >= 0.3 is 0 Å². The molecule has 1 heterocycles. The van der Waals surface area contributed by atoms with Crippen LogP contribution in [0.2, 0.25) is 0 Å². The van der Waals surface area contributed by atoms with Crippen molar-refractivity contribution in [2.75, 3.05) is 13.1 Å². The van der Waals surface area contributed by atoms with Crippen LogP contribution in [-0.4, -0.2) is 34.9 Å². The van der Waals surface area contributed by atoms with Crippen LogP contribution in [0.4, 0.5) is 0 Å². The summed E-state index contributed by atoms with van der Waals surface area (Å²) in [7, 11) is 0. The second-order valence-electron chi connectivity index (χ2n) is 4.98. The lowest BCUT2D eigenvalue weighted by Gasteiger charge is -2.14. The number of likely N-dealkylation sites (tertiary alicyclic amines) is 1. The Balaban J connectivity index is 1.91. The Labute approximate surface area is 118 Å². The highest BCUT2D eigenvalue weighted by Gasteiger charge is 2.33. The van der Waals surface area contributed by atoms with Crippen LogP contribution in [0, 0.1) is 5.92 Å². The Morgan fingerprint density at radius 3 is 2.70 bits per heavy atom. The fourth-order valence-electron chi connectivity index (χ4n) is 2.46. The molecule has 5 heteroatoms. The molecule has 2 N–H and O–H groups in total. The maximum absolute atomic E-state index is 12.1. The summed E-state index contributed by atoms with van der Waals surface area (Å²) in [6.07, 6.45) is 0.293. The van der Waals surface area contributed by atoms with Crippen LogP contribution in [-0.2, 0) is 22.7 Å². The van der Waals surface area contributed by atoms with E-state index in [0.717, 1.165) is 11.1 Å². The molecule has 0 saturated carbocycles. The van der Waals surface area contributed by atoms with E-state index in [9.17, 15) is 14.7 Å². The summed E-state index contributed by atoms with van der Waals surface area (Å²) in [6, 6.07) is 7.44. The molecule has 1 aromatic carbocycles. The Kier molecular flexibility index (Phi) is 4.74. The van der Waals surface area contributed by atoms with Crippen molar-refractivity contribution in [1.29, 1.82) is 0 Å². The van der Waals surface area contributed by atoms with Gasteiger partial charge in [0.25, 0.3) is 0 Å². The van der Waals surface area contributed by atoms with Crippen LogP contribution in [0.5, 0.6) is 0 Å². The van der Waals surface area contributed by atoms with E-state index in [4.69, 9.17) is 0 Å². The van der Waals surface area contributed by atoms with E-state index >= 15 is 0 Å². The molecule has 0 spiro atoms. The van der Waals surface area contributed by atoms with Crippen molar-refractivity contribution in [1.82, 2.24) is 10.2 Å². The quantitative estimate of drug-likeness (QED) is 0.830. The lowest BCUT2D eigenvalue weighted by atomic mass is 10.1. The molecule has 2 amide bonds. The van der Waals surface area contributed by atoms with Crippen LogP contribution in [0.1, 0.15) is 24.5 Å². The van der Waals surface area contributed by atoms with Gasteiger partial charge in [-0.05, 0) is 18.1 Å². The molecule has 1 aliphatic heterocycles. The number of hydrogen-bond acceptors (Lipinski definition) is 3. The number of carbonyl (C=O) groups is 2. The Morgan fingerprint density at radius 1 is 1.40 bits per heavy atom. The van der Waals surface area contributed by atoms with Gasteiger partial charge in [-0.15, -0.1) is 0 Å². The van der Waals surface area contributed by atoms with Crippen molar-refractivity contribution in [2.45, 2.75) is 26.5 Å². The molecule has 0 aliphatic carbocycles. The molecule has 0 radical (unpaired) electrons. The third kappa shape index (κ3) is 3.17. The molecule has 108 valence electrons. The molecule has 1 aliphatic rings. The van der Waals surface area contributed by atoms with E-state index in [1.54, 1.807) is 4.90 Å². The molecule has 1 atom stereocenters. The van der Waals surface area contributed by atoms with Crippen molar-refractivity contribution in [3.63, 3.8) is 0 Å². The molecule has 2 rings (SSSR count). The Hall–Kier alpha value is -1.88. The molecule has 1 fully saturated rings. The maximum atomic E-state index is 12.1. The molecular formula is C15H20N2O3. The third-order valence-electron chi connectivity index (χ3n) is 3.71. The van der Waals surface area contributed by atoms with Crippen LogP contribution in [0.15, 0.2) is 24.3 Å². The molecule has 5 nitrogen and oxygen atoms in total. The van der Waals surface area contributed by atoms with Gasteiger partial charge in [0, 0.05) is 26.1 Å². The van der Waals surface area contributed by atoms with Crippen LogP contribution in [0.3, 0.4) is 0 Å². The first kappa shape index (κ1) is 14.5. The summed E-state index contributed by atoms with van der Waals surface area (Å²) in [4.78, 5) is 25.4. The van der Waals surface area contributed by atoms with Crippen LogP contribution >= 0.6 is 0 Å². The van der Waals surface area contributed by atoms with Crippen molar-refractivity contribution in [3.8, 4) is 0 Å². The number of benzene rings is 1. The van der Waals surface area contributed by atoms with E-state index < -0.39 is 0 Å². The first-order chi connectivity index (χ1) is 9.65. The fourth-order valence-corrected chi connectivity index (χ4v) is 2.46. The fraction of sp³-hybridized carbons (Fsp3) is 0.467. The predicted molar refractivity (Wildman–Crippen MR) is 74.6 cm³/mol. The average molecular weight is 276 g/mol. The standard InChI is InChI=1S/C15H20N2O3/c1-2-17-9-13(7-14(17)19)15(20)16-8-11-5-3-4-6-12(11)10-18/h3-6,13,18H,2,7-10H2,1H3,(H,16,20). The zero-order valence-corrected chi connectivity index (χ0v) is 11.6. The van der Waals surface area contributed by atoms with Crippen LogP contribution < -0.4 is 5.32 Å². The summed E-state index contributed by atoms with van der Waals surface area (Å²) in [5, 5.41) is 12.1. The smallest absolute Gasteiger partial charge is 0.225 e. The third-order valence-corrected chi connectivity index (χ3v) is 3.71. The Morgan fingerprint density at radius 2 is 2.10 bits per heavy atom. The number of rotatable bonds is 5. The zero-order valence-electron chi connectivity index (χ0n) is 11.6. The van der Waals surface area contributed by atoms with E-state index in [-0.39, 0.29) is 24.3 Å². The molecular weight excluding hydrogens is 256 g/mol. The van der Waals surface area contributed by atoms with Gasteiger partial charge in [0.1, 0.15) is 0 Å². The van der Waals surface area contributed by atoms with Gasteiger partial charge in [-0.3, -0.25) is 9.59 Å². The summed E-state index contributed by atoms with van der Waals surface area (Å²) in [5.41, 5.74) is 1.71. The molecule has 1 aromatic rings. The van der Waals surface area contributed by atoms with Crippen molar-refractivity contribution in [3.05, 3.63) is 35.4 Å². The number of aliphatic hydroxyl groups is 1. The van der Waals surface area contributed by atoms with E-state index in [1.165, 1.54) is 0 Å². The largest absolute Gasteiger partial charge is 0.392 e. The van der Waals surface area contributed by atoms with Crippen molar-refractivity contribution < 1.29 is 14.7 Å². The number of hydrogen-bond donors (Lipinski definition) is 2.